The van der Waals surface area contributed by atoms with Crippen molar-refractivity contribution >= 4 is 22.8 Å². The molecule has 1 saturated heterocycles. The molecule has 0 unspecified atom stereocenters. The number of halogens is 1. The lowest BCUT2D eigenvalue weighted by Crippen LogP contribution is -2.37. The molecule has 168 valence electrons. The fourth-order valence-corrected chi connectivity index (χ4v) is 4.09. The van der Waals surface area contributed by atoms with E-state index in [0.29, 0.717) is 19.8 Å². The van der Waals surface area contributed by atoms with Gasteiger partial charge in [0, 0.05) is 31.4 Å². The molecule has 0 bridgehead atoms. The molecule has 2 aromatic carbocycles. The minimum absolute atomic E-state index is 0.120. The Bertz CT molecular complexity index is 1250. The van der Waals surface area contributed by atoms with Gasteiger partial charge in [0.2, 0.25) is 5.91 Å². The fraction of sp³-hybridized carbons (Fsp3) is 0.240. The second-order valence-electron chi connectivity index (χ2n) is 7.93. The molecule has 4 aromatic rings. The molecule has 2 aromatic heterocycles. The number of nitrogens with zero attached hydrogens (tertiary/aromatic N) is 4. The van der Waals surface area contributed by atoms with Crippen LogP contribution in [0.25, 0.3) is 22.2 Å². The third-order valence-corrected chi connectivity index (χ3v) is 5.74. The van der Waals surface area contributed by atoms with Gasteiger partial charge in [0.15, 0.2) is 5.82 Å². The third kappa shape index (κ3) is 4.56. The summed E-state index contributed by atoms with van der Waals surface area (Å²) in [4.78, 5) is 24.2. The number of ether oxygens (including phenoxy) is 1. The molecule has 5 rings (SSSR count). The fourth-order valence-electron chi connectivity index (χ4n) is 4.09. The molecule has 33 heavy (non-hydrogen) atoms. The molecule has 1 aliphatic rings. The van der Waals surface area contributed by atoms with Crippen LogP contribution in [0.1, 0.15) is 5.56 Å². The van der Waals surface area contributed by atoms with Crippen LogP contribution in [0.4, 0.5) is 10.2 Å². The Hall–Kier alpha value is -3.78. The number of morpholine rings is 1. The predicted molar refractivity (Wildman–Crippen MR) is 124 cm³/mol. The second-order valence-corrected chi connectivity index (χ2v) is 7.93. The zero-order chi connectivity index (χ0) is 22.6. The van der Waals surface area contributed by atoms with Gasteiger partial charge in [0.25, 0.3) is 0 Å². The number of hydrogen-bond donors (Lipinski definition) is 1. The van der Waals surface area contributed by atoms with Crippen molar-refractivity contribution in [3.8, 4) is 11.1 Å². The van der Waals surface area contributed by atoms with E-state index in [9.17, 15) is 9.18 Å². The van der Waals surface area contributed by atoms with Crippen molar-refractivity contribution in [1.82, 2.24) is 19.9 Å². The van der Waals surface area contributed by atoms with E-state index in [4.69, 9.17) is 4.74 Å². The lowest BCUT2D eigenvalue weighted by atomic mass is 10.1. The SMILES string of the molecule is O=C(Cn1cc(-c2ccccc2)c2ncnc(N3CCOCC3)c21)NCc1ccc(F)cc1. The first-order valence-corrected chi connectivity index (χ1v) is 10.9. The van der Waals surface area contributed by atoms with Crippen LogP contribution in [-0.2, 0) is 22.6 Å². The lowest BCUT2D eigenvalue weighted by molar-refractivity contribution is -0.121. The Morgan fingerprint density at radius 1 is 1.03 bits per heavy atom. The van der Waals surface area contributed by atoms with Crippen LogP contribution in [-0.4, -0.2) is 46.7 Å². The summed E-state index contributed by atoms with van der Waals surface area (Å²) in [6, 6.07) is 16.1. The molecule has 1 fully saturated rings. The van der Waals surface area contributed by atoms with Gasteiger partial charge in [0.05, 0.1) is 13.2 Å². The van der Waals surface area contributed by atoms with Gasteiger partial charge in [-0.25, -0.2) is 14.4 Å². The van der Waals surface area contributed by atoms with Gasteiger partial charge in [-0.2, -0.15) is 0 Å². The van der Waals surface area contributed by atoms with Crippen LogP contribution in [0.3, 0.4) is 0 Å². The highest BCUT2D eigenvalue weighted by Gasteiger charge is 2.22. The number of carbonyl (C=O) groups is 1. The van der Waals surface area contributed by atoms with Crippen molar-refractivity contribution in [1.29, 1.82) is 0 Å². The molecule has 0 aliphatic carbocycles. The largest absolute Gasteiger partial charge is 0.378 e. The topological polar surface area (TPSA) is 72.3 Å². The quantitative estimate of drug-likeness (QED) is 0.493. The molecule has 8 heteroatoms. The van der Waals surface area contributed by atoms with Crippen molar-refractivity contribution in [2.75, 3.05) is 31.2 Å². The normalized spacial score (nSPS) is 13.9. The van der Waals surface area contributed by atoms with E-state index in [1.165, 1.54) is 12.1 Å². The Morgan fingerprint density at radius 3 is 2.55 bits per heavy atom. The minimum Gasteiger partial charge on any atom is -0.378 e. The van der Waals surface area contributed by atoms with Gasteiger partial charge >= 0.3 is 0 Å². The van der Waals surface area contributed by atoms with Crippen molar-refractivity contribution in [2.24, 2.45) is 0 Å². The zero-order valence-corrected chi connectivity index (χ0v) is 18.1. The van der Waals surface area contributed by atoms with Gasteiger partial charge in [-0.3, -0.25) is 4.79 Å². The average Bonchev–Trinajstić information content (AvgIpc) is 3.23. The van der Waals surface area contributed by atoms with Crippen LogP contribution in [0.5, 0.6) is 0 Å². The first-order valence-electron chi connectivity index (χ1n) is 10.9. The highest BCUT2D eigenvalue weighted by atomic mass is 19.1. The first-order chi connectivity index (χ1) is 16.2. The average molecular weight is 445 g/mol. The van der Waals surface area contributed by atoms with E-state index in [1.54, 1.807) is 18.5 Å². The summed E-state index contributed by atoms with van der Waals surface area (Å²) < 4.78 is 20.6. The maximum atomic E-state index is 13.1. The van der Waals surface area contributed by atoms with Crippen LogP contribution in [0.15, 0.2) is 67.1 Å². The molecule has 3 heterocycles. The summed E-state index contributed by atoms with van der Waals surface area (Å²) in [7, 11) is 0. The van der Waals surface area contributed by atoms with Gasteiger partial charge in [-0.05, 0) is 23.3 Å². The van der Waals surface area contributed by atoms with Crippen LogP contribution < -0.4 is 10.2 Å². The van der Waals surface area contributed by atoms with Crippen LogP contribution >= 0.6 is 0 Å². The summed E-state index contributed by atoms with van der Waals surface area (Å²) in [5.41, 5.74) is 4.46. The number of anilines is 1. The summed E-state index contributed by atoms with van der Waals surface area (Å²) in [5.74, 6) is 0.359. The number of carbonyl (C=O) groups excluding carboxylic acids is 1. The lowest BCUT2D eigenvalue weighted by Gasteiger charge is -2.28. The van der Waals surface area contributed by atoms with Gasteiger partial charge in [-0.15, -0.1) is 0 Å². The summed E-state index contributed by atoms with van der Waals surface area (Å²) >= 11 is 0. The molecule has 0 saturated carbocycles. The molecular formula is C25H24FN5O2. The Kier molecular flexibility index (Phi) is 5.99. The van der Waals surface area contributed by atoms with Gasteiger partial charge in [-0.1, -0.05) is 42.5 Å². The number of rotatable bonds is 6. The second kappa shape index (κ2) is 9.38. The zero-order valence-electron chi connectivity index (χ0n) is 18.1. The number of amides is 1. The van der Waals surface area contributed by atoms with Crippen molar-refractivity contribution in [2.45, 2.75) is 13.1 Å². The monoisotopic (exact) mass is 445 g/mol. The predicted octanol–water partition coefficient (Wildman–Crippen LogP) is 3.39. The summed E-state index contributed by atoms with van der Waals surface area (Å²) in [6.45, 7) is 3.18. The maximum Gasteiger partial charge on any atom is 0.240 e. The van der Waals surface area contributed by atoms with Crippen LogP contribution in [0, 0.1) is 5.82 Å². The molecule has 1 N–H and O–H groups in total. The van der Waals surface area contributed by atoms with E-state index in [-0.39, 0.29) is 18.3 Å². The van der Waals surface area contributed by atoms with E-state index >= 15 is 0 Å². The first kappa shape index (κ1) is 21.1. The van der Waals surface area contributed by atoms with E-state index in [2.05, 4.69) is 20.2 Å². The third-order valence-electron chi connectivity index (χ3n) is 5.74. The molecule has 0 spiro atoms. The van der Waals surface area contributed by atoms with E-state index < -0.39 is 0 Å². The number of hydrogen-bond acceptors (Lipinski definition) is 5. The Balaban J connectivity index is 1.48. The smallest absolute Gasteiger partial charge is 0.240 e. The molecule has 1 amide bonds. The molecular weight excluding hydrogens is 421 g/mol. The van der Waals surface area contributed by atoms with E-state index in [1.807, 2.05) is 41.1 Å². The van der Waals surface area contributed by atoms with Crippen molar-refractivity contribution < 1.29 is 13.9 Å². The Labute approximate surface area is 190 Å². The number of aromatic nitrogens is 3. The molecule has 0 atom stereocenters. The van der Waals surface area contributed by atoms with Crippen molar-refractivity contribution in [3.05, 3.63) is 78.5 Å². The molecule has 7 nitrogen and oxygen atoms in total. The maximum absolute atomic E-state index is 13.1. The summed E-state index contributed by atoms with van der Waals surface area (Å²) in [5, 5.41) is 2.92. The highest BCUT2D eigenvalue weighted by molar-refractivity contribution is 5.99. The molecule has 1 aliphatic heterocycles. The standard InChI is InChI=1S/C25H24FN5O2/c26-20-8-6-18(7-9-20)14-27-22(32)16-31-15-21(19-4-2-1-3-5-19)23-24(31)25(29-17-28-23)30-10-12-33-13-11-30/h1-9,15,17H,10-14,16H2,(H,27,32). The summed E-state index contributed by atoms with van der Waals surface area (Å²) in [6.07, 6.45) is 3.55. The highest BCUT2D eigenvalue weighted by Crippen LogP contribution is 2.33. The Morgan fingerprint density at radius 2 is 1.79 bits per heavy atom. The number of fused-ring (bicyclic) bond motifs is 1. The number of nitrogens with one attached hydrogen (secondary N) is 1. The van der Waals surface area contributed by atoms with E-state index in [0.717, 1.165) is 46.6 Å². The van der Waals surface area contributed by atoms with Gasteiger partial charge in [0.1, 0.15) is 29.7 Å². The van der Waals surface area contributed by atoms with Crippen LogP contribution in [0.2, 0.25) is 0 Å². The minimum atomic E-state index is -0.298. The number of benzene rings is 2. The van der Waals surface area contributed by atoms with Gasteiger partial charge < -0.3 is 19.5 Å². The molecule has 0 radical (unpaired) electrons. The van der Waals surface area contributed by atoms with Crippen molar-refractivity contribution in [3.63, 3.8) is 0 Å².